The lowest BCUT2D eigenvalue weighted by atomic mass is 10.0. The largest absolute Gasteiger partial charge is 0.469 e. The van der Waals surface area contributed by atoms with Crippen molar-refractivity contribution in [1.29, 1.82) is 0 Å². The van der Waals surface area contributed by atoms with E-state index in [9.17, 15) is 9.59 Å². The van der Waals surface area contributed by atoms with Crippen molar-refractivity contribution in [3.63, 3.8) is 0 Å². The number of carbonyl (C=O) groups is 2. The van der Waals surface area contributed by atoms with Crippen LogP contribution in [0.25, 0.3) is 0 Å². The van der Waals surface area contributed by atoms with Gasteiger partial charge in [-0.3, -0.25) is 9.59 Å². The average molecular weight is 364 g/mol. The van der Waals surface area contributed by atoms with E-state index in [0.717, 1.165) is 5.76 Å². The fraction of sp³-hybridized carbons (Fsp3) is 0.368. The van der Waals surface area contributed by atoms with Crippen molar-refractivity contribution < 1.29 is 18.7 Å². The number of rotatable bonds is 8. The van der Waals surface area contributed by atoms with Gasteiger partial charge in [0.2, 0.25) is 5.91 Å². The highest BCUT2D eigenvalue weighted by Crippen LogP contribution is 2.26. The summed E-state index contributed by atoms with van der Waals surface area (Å²) in [4.78, 5) is 24.3. The van der Waals surface area contributed by atoms with Crippen molar-refractivity contribution in [2.75, 3.05) is 0 Å². The Hall–Kier alpha value is -2.27. The van der Waals surface area contributed by atoms with Crippen molar-refractivity contribution >= 4 is 23.5 Å². The first-order valence-electron chi connectivity index (χ1n) is 8.21. The van der Waals surface area contributed by atoms with E-state index in [4.69, 9.17) is 20.8 Å². The van der Waals surface area contributed by atoms with Gasteiger partial charge in [0.05, 0.1) is 24.8 Å². The summed E-state index contributed by atoms with van der Waals surface area (Å²) >= 11 is 6.23. The molecule has 1 heterocycles. The minimum atomic E-state index is -0.538. The molecule has 2 rings (SSSR count). The molecular formula is C19H22ClNO4. The molecule has 134 valence electrons. The van der Waals surface area contributed by atoms with Crippen LogP contribution in [0.5, 0.6) is 0 Å². The Kier molecular flexibility index (Phi) is 7.07. The molecule has 0 radical (unpaired) electrons. The fourth-order valence-electron chi connectivity index (χ4n) is 2.43. The van der Waals surface area contributed by atoms with E-state index in [0.29, 0.717) is 17.0 Å². The van der Waals surface area contributed by atoms with Gasteiger partial charge in [-0.25, -0.2) is 0 Å². The van der Waals surface area contributed by atoms with Crippen LogP contribution in [0, 0.1) is 0 Å². The smallest absolute Gasteiger partial charge is 0.308 e. The van der Waals surface area contributed by atoms with E-state index >= 15 is 0 Å². The summed E-state index contributed by atoms with van der Waals surface area (Å²) in [6.45, 7) is 3.56. The van der Waals surface area contributed by atoms with Crippen molar-refractivity contribution in [2.45, 2.75) is 45.3 Å². The first-order valence-corrected chi connectivity index (χ1v) is 8.59. The van der Waals surface area contributed by atoms with Gasteiger partial charge >= 0.3 is 5.97 Å². The van der Waals surface area contributed by atoms with E-state index in [2.05, 4.69) is 5.32 Å². The summed E-state index contributed by atoms with van der Waals surface area (Å²) in [6.07, 6.45) is 2.13. The van der Waals surface area contributed by atoms with Crippen LogP contribution >= 0.6 is 11.6 Å². The molecule has 5 nitrogen and oxygen atoms in total. The molecule has 1 atom stereocenters. The van der Waals surface area contributed by atoms with Crippen LogP contribution in [0.4, 0.5) is 0 Å². The number of benzene rings is 1. The molecule has 0 bridgehead atoms. The van der Waals surface area contributed by atoms with Gasteiger partial charge in [-0.15, -0.1) is 0 Å². The molecule has 2 aromatic rings. The number of hydrogen-bond donors (Lipinski definition) is 1. The van der Waals surface area contributed by atoms with Crippen molar-refractivity contribution in [2.24, 2.45) is 0 Å². The summed E-state index contributed by atoms with van der Waals surface area (Å²) in [5.41, 5.74) is 0.691. The lowest BCUT2D eigenvalue weighted by Crippen LogP contribution is -2.31. The standard InChI is InChI=1S/C19H22ClNO4/c1-13(2)25-19(23)12-17(15-7-3-4-8-16(15)20)21-18(22)10-9-14-6-5-11-24-14/h3-8,11,13,17H,9-10,12H2,1-2H3,(H,21,22). The predicted molar refractivity (Wildman–Crippen MR) is 95.2 cm³/mol. The van der Waals surface area contributed by atoms with Gasteiger partial charge in [-0.2, -0.15) is 0 Å². The van der Waals surface area contributed by atoms with E-state index in [-0.39, 0.29) is 30.8 Å². The van der Waals surface area contributed by atoms with E-state index in [1.807, 2.05) is 12.1 Å². The molecule has 0 saturated heterocycles. The monoisotopic (exact) mass is 363 g/mol. The van der Waals surface area contributed by atoms with Crippen LogP contribution in [0.2, 0.25) is 5.02 Å². The number of esters is 1. The third kappa shape index (κ3) is 6.27. The van der Waals surface area contributed by atoms with E-state index < -0.39 is 6.04 Å². The second-order valence-electron chi connectivity index (χ2n) is 5.96. The number of halogens is 1. The predicted octanol–water partition coefficient (Wildman–Crippen LogP) is 4.06. The van der Waals surface area contributed by atoms with Crippen molar-refractivity contribution in [3.8, 4) is 0 Å². The molecule has 0 aliphatic carbocycles. The Morgan fingerprint density at radius 1 is 1.20 bits per heavy atom. The Labute approximate surface area is 152 Å². The Morgan fingerprint density at radius 3 is 2.60 bits per heavy atom. The van der Waals surface area contributed by atoms with Crippen LogP contribution < -0.4 is 5.32 Å². The fourth-order valence-corrected chi connectivity index (χ4v) is 2.70. The zero-order valence-electron chi connectivity index (χ0n) is 14.3. The van der Waals surface area contributed by atoms with Gasteiger partial charge in [0.1, 0.15) is 5.76 Å². The topological polar surface area (TPSA) is 68.5 Å². The summed E-state index contributed by atoms with van der Waals surface area (Å²) in [6, 6.07) is 10.2. The summed E-state index contributed by atoms with van der Waals surface area (Å²) in [7, 11) is 0. The van der Waals surface area contributed by atoms with Gasteiger partial charge in [-0.05, 0) is 37.6 Å². The second kappa shape index (κ2) is 9.28. The van der Waals surface area contributed by atoms with Gasteiger partial charge < -0.3 is 14.5 Å². The normalized spacial score (nSPS) is 12.0. The molecule has 0 saturated carbocycles. The molecular weight excluding hydrogens is 342 g/mol. The van der Waals surface area contributed by atoms with Crippen LogP contribution in [0.3, 0.4) is 0 Å². The summed E-state index contributed by atoms with van der Waals surface area (Å²) in [5.74, 6) is 0.175. The Balaban J connectivity index is 2.04. The molecule has 1 unspecified atom stereocenters. The Morgan fingerprint density at radius 2 is 1.96 bits per heavy atom. The number of aryl methyl sites for hydroxylation is 1. The number of carbonyl (C=O) groups excluding carboxylic acids is 2. The molecule has 0 spiro atoms. The third-order valence-electron chi connectivity index (χ3n) is 3.53. The van der Waals surface area contributed by atoms with Gasteiger partial charge in [0.15, 0.2) is 0 Å². The highest BCUT2D eigenvalue weighted by molar-refractivity contribution is 6.31. The van der Waals surface area contributed by atoms with Gasteiger partial charge in [0.25, 0.3) is 0 Å². The molecule has 6 heteroatoms. The zero-order valence-corrected chi connectivity index (χ0v) is 15.1. The average Bonchev–Trinajstić information content (AvgIpc) is 3.05. The lowest BCUT2D eigenvalue weighted by Gasteiger charge is -2.20. The molecule has 25 heavy (non-hydrogen) atoms. The molecule has 0 fully saturated rings. The van der Waals surface area contributed by atoms with Crippen LogP contribution in [-0.4, -0.2) is 18.0 Å². The maximum absolute atomic E-state index is 12.3. The van der Waals surface area contributed by atoms with Gasteiger partial charge in [-0.1, -0.05) is 29.8 Å². The SMILES string of the molecule is CC(C)OC(=O)CC(NC(=O)CCc1ccco1)c1ccccc1Cl. The van der Waals surface area contributed by atoms with Crippen LogP contribution in [0.1, 0.15) is 44.1 Å². The molecule has 0 aliphatic rings. The Bertz CT molecular complexity index is 697. The zero-order chi connectivity index (χ0) is 18.2. The summed E-state index contributed by atoms with van der Waals surface area (Å²) in [5, 5.41) is 3.37. The summed E-state index contributed by atoms with van der Waals surface area (Å²) < 4.78 is 10.4. The quantitative estimate of drug-likeness (QED) is 0.718. The first kappa shape index (κ1) is 19.1. The first-order chi connectivity index (χ1) is 12.0. The maximum Gasteiger partial charge on any atom is 0.308 e. The highest BCUT2D eigenvalue weighted by Gasteiger charge is 2.22. The number of amides is 1. The number of hydrogen-bond acceptors (Lipinski definition) is 4. The minimum Gasteiger partial charge on any atom is -0.469 e. The molecule has 0 aliphatic heterocycles. The molecule has 1 aromatic carbocycles. The van der Waals surface area contributed by atoms with Crippen LogP contribution in [-0.2, 0) is 20.7 Å². The minimum absolute atomic E-state index is 0.0222. The highest BCUT2D eigenvalue weighted by atomic mass is 35.5. The molecule has 1 N–H and O–H groups in total. The van der Waals surface area contributed by atoms with Gasteiger partial charge in [0, 0.05) is 17.9 Å². The number of furan rings is 1. The lowest BCUT2D eigenvalue weighted by molar-refractivity contribution is -0.148. The molecule has 1 aromatic heterocycles. The maximum atomic E-state index is 12.3. The molecule has 1 amide bonds. The number of nitrogens with one attached hydrogen (secondary N) is 1. The number of ether oxygens (including phenoxy) is 1. The van der Waals surface area contributed by atoms with Crippen LogP contribution in [0.15, 0.2) is 47.1 Å². The van der Waals surface area contributed by atoms with Crippen molar-refractivity contribution in [1.82, 2.24) is 5.32 Å². The van der Waals surface area contributed by atoms with E-state index in [1.165, 1.54) is 0 Å². The van der Waals surface area contributed by atoms with E-state index in [1.54, 1.807) is 44.4 Å². The van der Waals surface area contributed by atoms with Crippen molar-refractivity contribution in [3.05, 3.63) is 59.0 Å². The second-order valence-corrected chi connectivity index (χ2v) is 6.37. The third-order valence-corrected chi connectivity index (χ3v) is 3.88.